The number of piperazine rings is 1. The minimum absolute atomic E-state index is 0.0167. The number of anilines is 1. The largest absolute Gasteiger partial charge is 0.369 e. The Hall–Kier alpha value is -2.44. The summed E-state index contributed by atoms with van der Waals surface area (Å²) >= 11 is 6.26. The average molecular weight is 425 g/mol. The normalized spacial score (nSPS) is 16.6. The van der Waals surface area contributed by atoms with Gasteiger partial charge in [-0.15, -0.1) is 5.10 Å². The third kappa shape index (κ3) is 4.20. The molecule has 2 heterocycles. The lowest BCUT2D eigenvalue weighted by Crippen LogP contribution is -2.49. The van der Waals surface area contributed by atoms with E-state index < -0.39 is 0 Å². The molecule has 0 unspecified atom stereocenters. The second-order valence-corrected chi connectivity index (χ2v) is 9.32. The molecule has 30 heavy (non-hydrogen) atoms. The molecule has 3 aromatic rings. The van der Waals surface area contributed by atoms with Crippen LogP contribution in [0.2, 0.25) is 5.02 Å². The third-order valence-corrected chi connectivity index (χ3v) is 5.92. The minimum Gasteiger partial charge on any atom is -0.369 e. The van der Waals surface area contributed by atoms with Crippen LogP contribution in [-0.2, 0) is 5.54 Å². The van der Waals surface area contributed by atoms with Gasteiger partial charge in [-0.25, -0.2) is 4.68 Å². The Balaban J connectivity index is 1.63. The highest BCUT2D eigenvalue weighted by atomic mass is 35.5. The molecule has 1 aliphatic rings. The maximum absolute atomic E-state index is 6.26. The monoisotopic (exact) mass is 424 g/mol. The zero-order valence-electron chi connectivity index (χ0n) is 18.1. The van der Waals surface area contributed by atoms with Crippen LogP contribution in [0.25, 0.3) is 0 Å². The summed E-state index contributed by atoms with van der Waals surface area (Å²) in [7, 11) is 0. The van der Waals surface area contributed by atoms with Crippen molar-refractivity contribution in [1.82, 2.24) is 25.1 Å². The molecule has 7 heteroatoms. The Kier molecular flexibility index (Phi) is 5.80. The van der Waals surface area contributed by atoms with Crippen molar-refractivity contribution in [1.29, 1.82) is 0 Å². The maximum atomic E-state index is 6.26. The van der Waals surface area contributed by atoms with Gasteiger partial charge in [-0.1, -0.05) is 48.0 Å². The van der Waals surface area contributed by atoms with Gasteiger partial charge in [0.25, 0.3) is 0 Å². The van der Waals surface area contributed by atoms with Crippen LogP contribution in [0.4, 0.5) is 5.69 Å². The van der Waals surface area contributed by atoms with Gasteiger partial charge < -0.3 is 4.90 Å². The van der Waals surface area contributed by atoms with E-state index in [9.17, 15) is 0 Å². The summed E-state index contributed by atoms with van der Waals surface area (Å²) in [6, 6.07) is 16.7. The molecule has 1 aromatic heterocycles. The highest BCUT2D eigenvalue weighted by Crippen LogP contribution is 2.32. The van der Waals surface area contributed by atoms with Crippen LogP contribution in [-0.4, -0.2) is 51.3 Å². The van der Waals surface area contributed by atoms with E-state index in [4.69, 9.17) is 11.6 Å². The van der Waals surface area contributed by atoms with Crippen LogP contribution >= 0.6 is 11.6 Å². The maximum Gasteiger partial charge on any atom is 0.173 e. The molecule has 0 amide bonds. The van der Waals surface area contributed by atoms with E-state index in [1.54, 1.807) is 0 Å². The summed E-state index contributed by atoms with van der Waals surface area (Å²) in [4.78, 5) is 4.91. The SMILES string of the molecule is Cc1ccc(Cl)cc1N1CCN([C@H](c2ccccc2)c2nnnn2C(C)(C)C)CC1. The number of halogens is 1. The van der Waals surface area contributed by atoms with E-state index in [1.807, 2.05) is 16.8 Å². The van der Waals surface area contributed by atoms with Crippen LogP contribution in [0.1, 0.15) is 43.8 Å². The number of tetrazole rings is 1. The molecular formula is C23H29ClN6. The molecule has 4 rings (SSSR count). The second kappa shape index (κ2) is 8.36. The van der Waals surface area contributed by atoms with Gasteiger partial charge in [0.2, 0.25) is 0 Å². The van der Waals surface area contributed by atoms with E-state index in [2.05, 4.69) is 89.4 Å². The van der Waals surface area contributed by atoms with Gasteiger partial charge >= 0.3 is 0 Å². The molecular weight excluding hydrogens is 396 g/mol. The fraction of sp³-hybridized carbons (Fsp3) is 0.435. The number of aromatic nitrogens is 4. The Morgan fingerprint density at radius 3 is 2.33 bits per heavy atom. The standard InChI is InChI=1S/C23H29ClN6/c1-17-10-11-19(24)16-20(17)28-12-14-29(15-13-28)21(18-8-6-5-7-9-18)22-25-26-27-30(22)23(2,3)4/h5-11,16,21H,12-15H2,1-4H3/t21-/m1/s1. The van der Waals surface area contributed by atoms with Crippen LogP contribution in [0, 0.1) is 6.92 Å². The van der Waals surface area contributed by atoms with Crippen molar-refractivity contribution in [3.8, 4) is 0 Å². The summed E-state index contributed by atoms with van der Waals surface area (Å²) in [6.07, 6.45) is 0. The van der Waals surface area contributed by atoms with Crippen molar-refractivity contribution in [2.75, 3.05) is 31.1 Å². The Morgan fingerprint density at radius 2 is 1.67 bits per heavy atom. The molecule has 0 bridgehead atoms. The number of benzene rings is 2. The van der Waals surface area contributed by atoms with Gasteiger partial charge in [0.15, 0.2) is 5.82 Å². The smallest absolute Gasteiger partial charge is 0.173 e. The number of rotatable bonds is 4. The zero-order valence-corrected chi connectivity index (χ0v) is 18.8. The summed E-state index contributed by atoms with van der Waals surface area (Å²) in [5.74, 6) is 0.890. The summed E-state index contributed by atoms with van der Waals surface area (Å²) in [5, 5.41) is 13.6. The first-order chi connectivity index (χ1) is 14.3. The molecule has 6 nitrogen and oxygen atoms in total. The quantitative estimate of drug-likeness (QED) is 0.624. The second-order valence-electron chi connectivity index (χ2n) is 8.89. The first-order valence-corrected chi connectivity index (χ1v) is 10.8. The van der Waals surface area contributed by atoms with Crippen molar-refractivity contribution >= 4 is 17.3 Å². The number of hydrogen-bond donors (Lipinski definition) is 0. The lowest BCUT2D eigenvalue weighted by molar-refractivity contribution is 0.191. The molecule has 2 aromatic carbocycles. The first-order valence-electron chi connectivity index (χ1n) is 10.4. The predicted octanol–water partition coefficient (Wildman–Crippen LogP) is 4.30. The first kappa shape index (κ1) is 20.8. The van der Waals surface area contributed by atoms with Crippen LogP contribution < -0.4 is 4.90 Å². The Morgan fingerprint density at radius 1 is 0.967 bits per heavy atom. The van der Waals surface area contributed by atoms with Crippen LogP contribution in [0.3, 0.4) is 0 Å². The molecule has 1 aliphatic heterocycles. The number of nitrogens with zero attached hydrogens (tertiary/aromatic N) is 6. The topological polar surface area (TPSA) is 50.1 Å². The molecule has 1 atom stereocenters. The molecule has 0 radical (unpaired) electrons. The molecule has 158 valence electrons. The lowest BCUT2D eigenvalue weighted by Gasteiger charge is -2.40. The molecule has 0 spiro atoms. The fourth-order valence-corrected chi connectivity index (χ4v) is 4.31. The summed E-state index contributed by atoms with van der Waals surface area (Å²) < 4.78 is 1.96. The van der Waals surface area contributed by atoms with Crippen LogP contribution in [0.5, 0.6) is 0 Å². The Bertz CT molecular complexity index is 986. The molecule has 1 saturated heterocycles. The molecule has 0 N–H and O–H groups in total. The van der Waals surface area contributed by atoms with Crippen molar-refractivity contribution in [2.45, 2.75) is 39.3 Å². The van der Waals surface area contributed by atoms with Crippen molar-refractivity contribution < 1.29 is 0 Å². The van der Waals surface area contributed by atoms with Gasteiger partial charge in [0.1, 0.15) is 0 Å². The van der Waals surface area contributed by atoms with Crippen molar-refractivity contribution in [3.63, 3.8) is 0 Å². The van der Waals surface area contributed by atoms with E-state index in [1.165, 1.54) is 16.8 Å². The summed E-state index contributed by atoms with van der Waals surface area (Å²) in [6.45, 7) is 12.2. The Labute approximate surface area is 183 Å². The van der Waals surface area contributed by atoms with Gasteiger partial charge in [-0.05, 0) is 61.4 Å². The van der Waals surface area contributed by atoms with E-state index in [0.717, 1.165) is 37.0 Å². The van der Waals surface area contributed by atoms with Crippen molar-refractivity contribution in [2.24, 2.45) is 0 Å². The fourth-order valence-electron chi connectivity index (χ4n) is 4.15. The van der Waals surface area contributed by atoms with Crippen LogP contribution in [0.15, 0.2) is 48.5 Å². The lowest BCUT2D eigenvalue weighted by atomic mass is 10.0. The van der Waals surface area contributed by atoms with Gasteiger partial charge in [-0.2, -0.15) is 0 Å². The molecule has 0 saturated carbocycles. The number of hydrogen-bond acceptors (Lipinski definition) is 5. The highest BCUT2D eigenvalue weighted by Gasteiger charge is 2.33. The van der Waals surface area contributed by atoms with Crippen molar-refractivity contribution in [3.05, 3.63) is 70.5 Å². The predicted molar refractivity (Wildman–Crippen MR) is 121 cm³/mol. The van der Waals surface area contributed by atoms with E-state index >= 15 is 0 Å². The average Bonchev–Trinajstić information content (AvgIpc) is 3.21. The van der Waals surface area contributed by atoms with E-state index in [-0.39, 0.29) is 11.6 Å². The van der Waals surface area contributed by atoms with E-state index in [0.29, 0.717) is 0 Å². The molecule has 1 fully saturated rings. The van der Waals surface area contributed by atoms with Gasteiger partial charge in [0, 0.05) is 36.9 Å². The minimum atomic E-state index is -0.189. The summed E-state index contributed by atoms with van der Waals surface area (Å²) in [5.41, 5.74) is 3.50. The highest BCUT2D eigenvalue weighted by molar-refractivity contribution is 6.30. The van der Waals surface area contributed by atoms with Gasteiger partial charge in [0.05, 0.1) is 11.6 Å². The number of aryl methyl sites for hydroxylation is 1. The van der Waals surface area contributed by atoms with Gasteiger partial charge in [-0.3, -0.25) is 4.90 Å². The molecule has 0 aliphatic carbocycles. The zero-order chi connectivity index (χ0) is 21.3. The third-order valence-electron chi connectivity index (χ3n) is 5.68.